The normalized spacial score (nSPS) is 11.7. The maximum Gasteiger partial charge on any atom is 0.175 e. The predicted molar refractivity (Wildman–Crippen MR) is 91.4 cm³/mol. The quantitative estimate of drug-likeness (QED) is 0.772. The number of hydrogen-bond acceptors (Lipinski definition) is 1. The van der Waals surface area contributed by atoms with Crippen LogP contribution in [0.25, 0.3) is 0 Å². The summed E-state index contributed by atoms with van der Waals surface area (Å²) in [6.07, 6.45) is 1.11. The fourth-order valence-corrected chi connectivity index (χ4v) is 2.29. The molecule has 0 aliphatic rings. The molecule has 0 saturated carbocycles. The lowest BCUT2D eigenvalue weighted by Gasteiger charge is -2.17. The summed E-state index contributed by atoms with van der Waals surface area (Å²) < 4.78 is 0. The minimum atomic E-state index is 0.512. The lowest BCUT2D eigenvalue weighted by Crippen LogP contribution is -2.20. The molecule has 2 N–H and O–H groups in total. The van der Waals surface area contributed by atoms with Crippen molar-refractivity contribution in [2.45, 2.75) is 26.2 Å². The number of para-hydroxylation sites is 2. The zero-order valence-electron chi connectivity index (χ0n) is 11.9. The Hall–Kier alpha value is -1.87. The number of benzene rings is 2. The third-order valence-corrected chi connectivity index (χ3v) is 3.59. The predicted octanol–water partition coefficient (Wildman–Crippen LogP) is 5.01. The van der Waals surface area contributed by atoms with Gasteiger partial charge in [-0.15, -0.1) is 0 Å². The molecule has 1 unspecified atom stereocenters. The molecule has 0 saturated heterocycles. The summed E-state index contributed by atoms with van der Waals surface area (Å²) in [7, 11) is 0. The summed E-state index contributed by atoms with van der Waals surface area (Å²) in [6, 6.07) is 18.3. The fraction of sp³-hybridized carbons (Fsp3) is 0.235. The van der Waals surface area contributed by atoms with Crippen molar-refractivity contribution in [3.8, 4) is 0 Å². The summed E-state index contributed by atoms with van der Waals surface area (Å²) in [5, 5.41) is 7.11. The van der Waals surface area contributed by atoms with Crippen LogP contribution in [0.15, 0.2) is 54.6 Å². The van der Waals surface area contributed by atoms with E-state index in [1.165, 1.54) is 5.56 Å². The maximum absolute atomic E-state index is 5.38. The van der Waals surface area contributed by atoms with Crippen molar-refractivity contribution in [2.75, 3.05) is 10.6 Å². The Morgan fingerprint density at radius 3 is 2.35 bits per heavy atom. The molecule has 0 aliphatic carbocycles. The molecule has 2 rings (SSSR count). The number of rotatable bonds is 4. The van der Waals surface area contributed by atoms with E-state index in [0.717, 1.165) is 17.8 Å². The van der Waals surface area contributed by atoms with Crippen LogP contribution in [0.3, 0.4) is 0 Å². The van der Waals surface area contributed by atoms with Crippen molar-refractivity contribution in [2.24, 2.45) is 0 Å². The molecule has 0 aliphatic heterocycles. The average molecular weight is 284 g/mol. The summed E-state index contributed by atoms with van der Waals surface area (Å²) in [5.41, 5.74) is 3.37. The Balaban J connectivity index is 2.08. The van der Waals surface area contributed by atoms with Gasteiger partial charge in [-0.3, -0.25) is 0 Å². The van der Waals surface area contributed by atoms with E-state index >= 15 is 0 Å². The molecule has 20 heavy (non-hydrogen) atoms. The van der Waals surface area contributed by atoms with Crippen LogP contribution in [-0.4, -0.2) is 5.11 Å². The highest BCUT2D eigenvalue weighted by Crippen LogP contribution is 2.26. The van der Waals surface area contributed by atoms with Gasteiger partial charge < -0.3 is 10.6 Å². The fourth-order valence-electron chi connectivity index (χ4n) is 2.07. The molecule has 2 aromatic carbocycles. The van der Waals surface area contributed by atoms with Crippen molar-refractivity contribution in [1.29, 1.82) is 0 Å². The van der Waals surface area contributed by atoms with E-state index in [4.69, 9.17) is 12.2 Å². The van der Waals surface area contributed by atoms with Crippen LogP contribution in [0.1, 0.15) is 31.7 Å². The van der Waals surface area contributed by atoms with E-state index < -0.39 is 0 Å². The highest BCUT2D eigenvalue weighted by molar-refractivity contribution is 7.80. The van der Waals surface area contributed by atoms with Crippen LogP contribution >= 0.6 is 12.2 Å². The van der Waals surface area contributed by atoms with Gasteiger partial charge in [0.1, 0.15) is 0 Å². The van der Waals surface area contributed by atoms with Gasteiger partial charge in [-0.05, 0) is 48.3 Å². The molecule has 0 heterocycles. The first-order chi connectivity index (χ1) is 9.70. The SMILES string of the molecule is CCC(C)c1ccccc1NC(=S)Nc1ccccc1. The molecular weight excluding hydrogens is 264 g/mol. The zero-order chi connectivity index (χ0) is 14.4. The van der Waals surface area contributed by atoms with Crippen molar-refractivity contribution in [3.05, 3.63) is 60.2 Å². The second-order valence-electron chi connectivity index (χ2n) is 4.84. The first kappa shape index (κ1) is 14.5. The van der Waals surface area contributed by atoms with Crippen molar-refractivity contribution >= 4 is 28.7 Å². The Kier molecular flexibility index (Phi) is 5.13. The lowest BCUT2D eigenvalue weighted by molar-refractivity contribution is 0.736. The largest absolute Gasteiger partial charge is 0.332 e. The van der Waals surface area contributed by atoms with Crippen LogP contribution in [0.4, 0.5) is 11.4 Å². The molecule has 2 aromatic rings. The van der Waals surface area contributed by atoms with Gasteiger partial charge in [-0.25, -0.2) is 0 Å². The molecule has 3 heteroatoms. The smallest absolute Gasteiger partial charge is 0.175 e. The number of nitrogens with one attached hydrogen (secondary N) is 2. The minimum Gasteiger partial charge on any atom is -0.332 e. The molecule has 1 atom stereocenters. The molecule has 0 spiro atoms. The van der Waals surface area contributed by atoms with Gasteiger partial charge in [0.05, 0.1) is 0 Å². The Labute approximate surface area is 126 Å². The topological polar surface area (TPSA) is 24.1 Å². The van der Waals surface area contributed by atoms with Gasteiger partial charge in [0, 0.05) is 11.4 Å². The van der Waals surface area contributed by atoms with Crippen LogP contribution in [0.2, 0.25) is 0 Å². The van der Waals surface area contributed by atoms with E-state index in [-0.39, 0.29) is 0 Å². The van der Waals surface area contributed by atoms with E-state index in [2.05, 4.69) is 42.7 Å². The van der Waals surface area contributed by atoms with Gasteiger partial charge in [0.15, 0.2) is 5.11 Å². The van der Waals surface area contributed by atoms with Crippen LogP contribution in [0.5, 0.6) is 0 Å². The summed E-state index contributed by atoms with van der Waals surface area (Å²) in [5.74, 6) is 0.512. The Morgan fingerprint density at radius 2 is 1.65 bits per heavy atom. The van der Waals surface area contributed by atoms with Crippen LogP contribution in [-0.2, 0) is 0 Å². The third-order valence-electron chi connectivity index (χ3n) is 3.38. The summed E-state index contributed by atoms with van der Waals surface area (Å²) in [6.45, 7) is 4.43. The van der Waals surface area contributed by atoms with E-state index in [1.54, 1.807) is 0 Å². The average Bonchev–Trinajstić information content (AvgIpc) is 2.48. The highest BCUT2D eigenvalue weighted by atomic mass is 32.1. The van der Waals surface area contributed by atoms with Crippen molar-refractivity contribution in [1.82, 2.24) is 0 Å². The molecule has 0 bridgehead atoms. The Morgan fingerprint density at radius 1 is 1.00 bits per heavy atom. The van der Waals surface area contributed by atoms with E-state index in [0.29, 0.717) is 11.0 Å². The van der Waals surface area contributed by atoms with Gasteiger partial charge >= 0.3 is 0 Å². The highest BCUT2D eigenvalue weighted by Gasteiger charge is 2.09. The molecule has 104 valence electrons. The van der Waals surface area contributed by atoms with Crippen molar-refractivity contribution in [3.63, 3.8) is 0 Å². The summed E-state index contributed by atoms with van der Waals surface area (Å²) >= 11 is 5.38. The molecule has 0 radical (unpaired) electrons. The maximum atomic E-state index is 5.38. The molecule has 0 aromatic heterocycles. The second-order valence-corrected chi connectivity index (χ2v) is 5.25. The first-order valence-electron chi connectivity index (χ1n) is 6.92. The zero-order valence-corrected chi connectivity index (χ0v) is 12.7. The minimum absolute atomic E-state index is 0.512. The lowest BCUT2D eigenvalue weighted by atomic mass is 9.97. The Bertz CT molecular complexity index is 566. The summed E-state index contributed by atoms with van der Waals surface area (Å²) in [4.78, 5) is 0. The molecule has 0 amide bonds. The first-order valence-corrected chi connectivity index (χ1v) is 7.33. The second kappa shape index (κ2) is 7.06. The van der Waals surface area contributed by atoms with Gasteiger partial charge in [0.2, 0.25) is 0 Å². The van der Waals surface area contributed by atoms with Gasteiger partial charge in [-0.2, -0.15) is 0 Å². The third kappa shape index (κ3) is 3.81. The number of anilines is 2. The van der Waals surface area contributed by atoms with Gasteiger partial charge in [-0.1, -0.05) is 50.2 Å². The number of hydrogen-bond donors (Lipinski definition) is 2. The van der Waals surface area contributed by atoms with E-state index in [1.807, 2.05) is 36.4 Å². The molecule has 0 fully saturated rings. The molecular formula is C17H20N2S. The van der Waals surface area contributed by atoms with E-state index in [9.17, 15) is 0 Å². The van der Waals surface area contributed by atoms with Crippen LogP contribution < -0.4 is 10.6 Å². The van der Waals surface area contributed by atoms with Crippen LogP contribution in [0, 0.1) is 0 Å². The van der Waals surface area contributed by atoms with Crippen molar-refractivity contribution < 1.29 is 0 Å². The standard InChI is InChI=1S/C17H20N2S/c1-3-13(2)15-11-7-8-12-16(15)19-17(20)18-14-9-5-4-6-10-14/h4-13H,3H2,1-2H3,(H2,18,19,20). The monoisotopic (exact) mass is 284 g/mol. The molecule has 2 nitrogen and oxygen atoms in total. The number of thiocarbonyl (C=S) groups is 1. The van der Waals surface area contributed by atoms with Gasteiger partial charge in [0.25, 0.3) is 0 Å².